The van der Waals surface area contributed by atoms with E-state index in [2.05, 4.69) is 72.1 Å². The molecule has 0 spiro atoms. The average molecular weight is 378 g/mol. The predicted molar refractivity (Wildman–Crippen MR) is 112 cm³/mol. The van der Waals surface area contributed by atoms with Crippen molar-refractivity contribution in [2.45, 2.75) is 25.4 Å². The lowest BCUT2D eigenvalue weighted by Gasteiger charge is -2.24. The summed E-state index contributed by atoms with van der Waals surface area (Å²) in [6.07, 6.45) is 4.44. The Morgan fingerprint density at radius 2 is 1.71 bits per heavy atom. The Hall–Kier alpha value is -2.43. The number of carbonyl (C=O) groups excluding carboxylic acids is 1. The van der Waals surface area contributed by atoms with Gasteiger partial charge >= 0.3 is 0 Å². The summed E-state index contributed by atoms with van der Waals surface area (Å²) in [5, 5.41) is 3.28. The zero-order valence-corrected chi connectivity index (χ0v) is 16.5. The van der Waals surface area contributed by atoms with Crippen LogP contribution in [0.4, 0.5) is 0 Å². The molecule has 4 rings (SSSR count). The maximum atomic E-state index is 12.5. The normalized spacial score (nSPS) is 24.6. The number of hydrogen-bond acceptors (Lipinski definition) is 1. The summed E-state index contributed by atoms with van der Waals surface area (Å²) in [7, 11) is 0. The van der Waals surface area contributed by atoms with E-state index in [1.807, 2.05) is 0 Å². The fourth-order valence-corrected chi connectivity index (χ4v) is 4.46. The SMILES string of the molecule is O=C(C[NH+]1CC=C(c2ccccc2)CC1)N[C@@H]1CC[NH+](Cc2ccccc2)C1. The van der Waals surface area contributed by atoms with Crippen molar-refractivity contribution >= 4 is 11.5 Å². The molecule has 3 N–H and O–H groups in total. The van der Waals surface area contributed by atoms with E-state index in [4.69, 9.17) is 0 Å². The van der Waals surface area contributed by atoms with Crippen LogP contribution in [0.5, 0.6) is 0 Å². The third-order valence-corrected chi connectivity index (χ3v) is 5.98. The van der Waals surface area contributed by atoms with Gasteiger partial charge in [0.1, 0.15) is 6.54 Å². The van der Waals surface area contributed by atoms with Gasteiger partial charge in [-0.1, -0.05) is 60.7 Å². The fourth-order valence-electron chi connectivity index (χ4n) is 4.46. The van der Waals surface area contributed by atoms with Crippen molar-refractivity contribution in [1.82, 2.24) is 5.32 Å². The molecule has 0 radical (unpaired) electrons. The first-order chi connectivity index (χ1) is 13.8. The highest BCUT2D eigenvalue weighted by molar-refractivity contribution is 5.77. The zero-order chi connectivity index (χ0) is 19.2. The minimum absolute atomic E-state index is 0.206. The number of amides is 1. The number of likely N-dealkylation sites (tertiary alicyclic amines) is 1. The highest BCUT2D eigenvalue weighted by Gasteiger charge is 2.28. The maximum absolute atomic E-state index is 12.5. The standard InChI is InChI=1S/C24H29N3O/c28-24(19-26-14-11-22(12-15-26)21-9-5-2-6-10-21)25-23-13-16-27(18-23)17-20-7-3-1-4-8-20/h1-11,23H,12-19H2,(H,25,28)/p+2/t23-/m1/s1. The summed E-state index contributed by atoms with van der Waals surface area (Å²) in [6.45, 7) is 5.78. The first kappa shape index (κ1) is 18.9. The van der Waals surface area contributed by atoms with E-state index in [9.17, 15) is 4.79 Å². The van der Waals surface area contributed by atoms with E-state index in [0.717, 1.165) is 45.6 Å². The Labute approximate surface area is 167 Å². The van der Waals surface area contributed by atoms with Crippen LogP contribution in [0.2, 0.25) is 0 Å². The molecule has 4 nitrogen and oxygen atoms in total. The van der Waals surface area contributed by atoms with Gasteiger partial charge in [0.05, 0.1) is 32.2 Å². The molecule has 0 bridgehead atoms. The lowest BCUT2D eigenvalue weighted by molar-refractivity contribution is -0.901. The second-order valence-electron chi connectivity index (χ2n) is 8.15. The number of carbonyl (C=O) groups is 1. The van der Waals surface area contributed by atoms with Gasteiger partial charge in [-0.3, -0.25) is 4.79 Å². The Balaban J connectivity index is 1.21. The number of rotatable bonds is 6. The van der Waals surface area contributed by atoms with Crippen LogP contribution >= 0.6 is 0 Å². The first-order valence-electron chi connectivity index (χ1n) is 10.5. The van der Waals surface area contributed by atoms with Gasteiger partial charge in [0.2, 0.25) is 0 Å². The minimum atomic E-state index is 0.206. The average Bonchev–Trinajstić information content (AvgIpc) is 3.16. The first-order valence-corrected chi connectivity index (χ1v) is 10.5. The van der Waals surface area contributed by atoms with Crippen LogP contribution in [0.25, 0.3) is 5.57 Å². The number of nitrogens with one attached hydrogen (secondary N) is 3. The minimum Gasteiger partial charge on any atom is -0.343 e. The van der Waals surface area contributed by atoms with Crippen molar-refractivity contribution in [1.29, 1.82) is 0 Å². The molecular formula is C24H31N3O+2. The van der Waals surface area contributed by atoms with Crippen LogP contribution in [0.3, 0.4) is 0 Å². The van der Waals surface area contributed by atoms with Crippen LogP contribution in [-0.4, -0.2) is 44.7 Å². The van der Waals surface area contributed by atoms with Crippen molar-refractivity contribution in [2.75, 3.05) is 32.7 Å². The molecule has 1 amide bonds. The van der Waals surface area contributed by atoms with Gasteiger partial charge in [0.15, 0.2) is 6.54 Å². The van der Waals surface area contributed by atoms with Gasteiger partial charge in [-0.15, -0.1) is 0 Å². The Morgan fingerprint density at radius 1 is 0.964 bits per heavy atom. The maximum Gasteiger partial charge on any atom is 0.275 e. The molecular weight excluding hydrogens is 346 g/mol. The van der Waals surface area contributed by atoms with Crippen LogP contribution in [0.15, 0.2) is 66.7 Å². The molecule has 1 saturated heterocycles. The van der Waals surface area contributed by atoms with E-state index in [1.54, 1.807) is 4.90 Å². The fraction of sp³-hybridized carbons (Fsp3) is 0.375. The van der Waals surface area contributed by atoms with E-state index in [0.29, 0.717) is 12.6 Å². The van der Waals surface area contributed by atoms with Crippen molar-refractivity contribution in [3.63, 3.8) is 0 Å². The number of hydrogen-bond donors (Lipinski definition) is 3. The summed E-state index contributed by atoms with van der Waals surface area (Å²) in [5.41, 5.74) is 4.11. The number of quaternary nitrogens is 2. The molecule has 3 atom stereocenters. The molecule has 4 heteroatoms. The molecule has 2 aliphatic rings. The quantitative estimate of drug-likeness (QED) is 0.667. The summed E-state index contributed by atoms with van der Waals surface area (Å²) in [5.74, 6) is 0.206. The molecule has 0 aromatic heterocycles. The van der Waals surface area contributed by atoms with Crippen molar-refractivity contribution in [3.05, 3.63) is 77.9 Å². The van der Waals surface area contributed by atoms with E-state index in [-0.39, 0.29) is 5.91 Å². The summed E-state index contributed by atoms with van der Waals surface area (Å²) < 4.78 is 0. The van der Waals surface area contributed by atoms with Gasteiger partial charge in [-0.25, -0.2) is 0 Å². The molecule has 2 aromatic carbocycles. The summed E-state index contributed by atoms with van der Waals surface area (Å²) >= 11 is 0. The molecule has 2 unspecified atom stereocenters. The van der Waals surface area contributed by atoms with Gasteiger partial charge in [0.25, 0.3) is 5.91 Å². The van der Waals surface area contributed by atoms with Crippen molar-refractivity contribution < 1.29 is 14.6 Å². The lowest BCUT2D eigenvalue weighted by Crippen LogP contribution is -3.13. The zero-order valence-electron chi connectivity index (χ0n) is 16.5. The third-order valence-electron chi connectivity index (χ3n) is 5.98. The number of benzene rings is 2. The van der Waals surface area contributed by atoms with Gasteiger partial charge in [0, 0.05) is 18.4 Å². The molecule has 0 saturated carbocycles. The van der Waals surface area contributed by atoms with Gasteiger partial charge in [-0.2, -0.15) is 0 Å². The smallest absolute Gasteiger partial charge is 0.275 e. The molecule has 146 valence electrons. The van der Waals surface area contributed by atoms with Crippen molar-refractivity contribution in [3.8, 4) is 0 Å². The Kier molecular flexibility index (Phi) is 6.20. The monoisotopic (exact) mass is 377 g/mol. The third kappa shape index (κ3) is 5.09. The topological polar surface area (TPSA) is 38.0 Å². The lowest BCUT2D eigenvalue weighted by atomic mass is 10.00. The Morgan fingerprint density at radius 3 is 2.43 bits per heavy atom. The van der Waals surface area contributed by atoms with Crippen LogP contribution in [0, 0.1) is 0 Å². The van der Waals surface area contributed by atoms with E-state index < -0.39 is 0 Å². The van der Waals surface area contributed by atoms with Crippen LogP contribution < -0.4 is 15.1 Å². The summed E-state index contributed by atoms with van der Waals surface area (Å²) in [6, 6.07) is 21.6. The highest BCUT2D eigenvalue weighted by atomic mass is 16.2. The predicted octanol–water partition coefficient (Wildman–Crippen LogP) is 0.332. The van der Waals surface area contributed by atoms with Crippen LogP contribution in [-0.2, 0) is 11.3 Å². The molecule has 0 aliphatic carbocycles. The van der Waals surface area contributed by atoms with Crippen LogP contribution in [0.1, 0.15) is 24.0 Å². The van der Waals surface area contributed by atoms with E-state index in [1.165, 1.54) is 21.6 Å². The van der Waals surface area contributed by atoms with Crippen molar-refractivity contribution in [2.24, 2.45) is 0 Å². The molecule has 2 heterocycles. The molecule has 2 aromatic rings. The Bertz CT molecular complexity index is 803. The van der Waals surface area contributed by atoms with Gasteiger partial charge < -0.3 is 15.1 Å². The summed E-state index contributed by atoms with van der Waals surface area (Å²) in [4.78, 5) is 15.5. The second kappa shape index (κ2) is 9.18. The molecule has 1 fully saturated rings. The molecule has 28 heavy (non-hydrogen) atoms. The van der Waals surface area contributed by atoms with Gasteiger partial charge in [-0.05, 0) is 17.2 Å². The largest absolute Gasteiger partial charge is 0.343 e. The second-order valence-corrected chi connectivity index (χ2v) is 8.15. The highest BCUT2D eigenvalue weighted by Crippen LogP contribution is 2.17. The van der Waals surface area contributed by atoms with E-state index >= 15 is 0 Å². The molecule has 2 aliphatic heterocycles.